The summed E-state index contributed by atoms with van der Waals surface area (Å²) in [4.78, 5) is 11.8. The van der Waals surface area contributed by atoms with Crippen molar-refractivity contribution < 1.29 is 9.53 Å². The van der Waals surface area contributed by atoms with E-state index in [0.29, 0.717) is 16.6 Å². The van der Waals surface area contributed by atoms with Crippen molar-refractivity contribution in [3.63, 3.8) is 0 Å². The molecule has 1 rings (SSSR count). The minimum atomic E-state index is -0.540. The molecule has 0 atom stereocenters. The number of carbonyl (C=O) groups excluding carboxylic acids is 1. The van der Waals surface area contributed by atoms with Gasteiger partial charge in [0.05, 0.1) is 21.5 Å². The summed E-state index contributed by atoms with van der Waals surface area (Å²) in [5.74, 6) is 0. The van der Waals surface area contributed by atoms with Crippen molar-refractivity contribution in [2.24, 2.45) is 0 Å². The molecular weight excluding hydrogens is 236 g/mol. The highest BCUT2D eigenvalue weighted by molar-refractivity contribution is 7.17. The largest absolute Gasteiger partial charge is 0.449 e. The number of hydrogen-bond donors (Lipinski definition) is 2. The Morgan fingerprint density at radius 3 is 2.87 bits per heavy atom. The fourth-order valence-corrected chi connectivity index (χ4v) is 1.80. The first-order valence-electron chi connectivity index (χ1n) is 4.27. The summed E-state index contributed by atoms with van der Waals surface area (Å²) in [7, 11) is 0. The van der Waals surface area contributed by atoms with E-state index in [2.05, 4.69) is 22.2 Å². The normalized spacial score (nSPS) is 9.47. The minimum Gasteiger partial charge on any atom is -0.449 e. The third-order valence-electron chi connectivity index (χ3n) is 1.46. The van der Waals surface area contributed by atoms with Crippen molar-refractivity contribution in [1.82, 2.24) is 10.9 Å². The van der Waals surface area contributed by atoms with Crippen LogP contribution in [-0.2, 0) is 4.74 Å². The first-order chi connectivity index (χ1) is 7.13. The lowest BCUT2D eigenvalue weighted by Crippen LogP contribution is -2.36. The Balaban J connectivity index is 2.40. The van der Waals surface area contributed by atoms with E-state index in [1.807, 2.05) is 6.07 Å². The number of hydrazine groups is 1. The summed E-state index contributed by atoms with van der Waals surface area (Å²) >= 11 is 7.13. The highest BCUT2D eigenvalue weighted by Crippen LogP contribution is 2.24. The monoisotopic (exact) mass is 246 g/mol. The van der Waals surface area contributed by atoms with Crippen LogP contribution in [0, 0.1) is 0 Å². The van der Waals surface area contributed by atoms with Crippen LogP contribution in [0.15, 0.2) is 18.7 Å². The quantitative estimate of drug-likeness (QED) is 0.803. The summed E-state index contributed by atoms with van der Waals surface area (Å²) in [6, 6.07) is 3.58. The smallest absolute Gasteiger partial charge is 0.425 e. The average Bonchev–Trinajstić information content (AvgIpc) is 2.62. The van der Waals surface area contributed by atoms with Gasteiger partial charge in [0.15, 0.2) is 0 Å². The van der Waals surface area contributed by atoms with E-state index in [-0.39, 0.29) is 0 Å². The van der Waals surface area contributed by atoms with Crippen LogP contribution in [0.4, 0.5) is 4.79 Å². The van der Waals surface area contributed by atoms with Crippen LogP contribution in [0.3, 0.4) is 0 Å². The molecule has 0 fully saturated rings. The van der Waals surface area contributed by atoms with Crippen molar-refractivity contribution in [3.05, 3.63) is 27.9 Å². The summed E-state index contributed by atoms with van der Waals surface area (Å²) in [5, 5.41) is 0. The fraction of sp³-hybridized carbons (Fsp3) is 0.222. The van der Waals surface area contributed by atoms with E-state index < -0.39 is 6.09 Å². The Labute approximate surface area is 96.9 Å². The number of ether oxygens (including phenoxy) is 1. The van der Waals surface area contributed by atoms with Gasteiger partial charge in [0.2, 0.25) is 0 Å². The molecule has 1 aromatic rings. The molecule has 0 saturated carbocycles. The Bertz CT molecular complexity index is 365. The van der Waals surface area contributed by atoms with Crippen LogP contribution < -0.4 is 10.9 Å². The van der Waals surface area contributed by atoms with E-state index >= 15 is 0 Å². The number of rotatable bonds is 4. The Hall–Kier alpha value is -1.20. The van der Waals surface area contributed by atoms with Crippen molar-refractivity contribution in [2.45, 2.75) is 6.92 Å². The Morgan fingerprint density at radius 1 is 1.60 bits per heavy atom. The minimum absolute atomic E-state index is 0.324. The molecule has 4 nitrogen and oxygen atoms in total. The van der Waals surface area contributed by atoms with E-state index in [0.717, 1.165) is 4.88 Å². The van der Waals surface area contributed by atoms with Gasteiger partial charge in [-0.3, -0.25) is 5.43 Å². The zero-order valence-electron chi connectivity index (χ0n) is 8.17. The van der Waals surface area contributed by atoms with Crippen molar-refractivity contribution >= 4 is 34.7 Å². The van der Waals surface area contributed by atoms with Gasteiger partial charge in [0.25, 0.3) is 0 Å². The second kappa shape index (κ2) is 5.63. The summed E-state index contributed by atoms with van der Waals surface area (Å²) in [5.41, 5.74) is 5.54. The number of halogens is 1. The molecule has 0 bridgehead atoms. The molecule has 82 valence electrons. The standard InChI is InChI=1S/C9H11ClN2O2S/c1-3-14-9(13)12-11-6(2)7-4-5-8(10)15-7/h4-5,11H,2-3H2,1H3,(H,12,13). The second-order valence-electron chi connectivity index (χ2n) is 2.55. The Morgan fingerprint density at radius 2 is 2.33 bits per heavy atom. The molecule has 0 radical (unpaired) electrons. The first kappa shape index (κ1) is 11.9. The number of nitrogens with one attached hydrogen (secondary N) is 2. The van der Waals surface area contributed by atoms with Crippen molar-refractivity contribution in [2.75, 3.05) is 6.61 Å². The predicted octanol–water partition coefficient (Wildman–Crippen LogP) is 2.62. The number of amides is 1. The number of thiophene rings is 1. The maximum absolute atomic E-state index is 10.9. The van der Waals surface area contributed by atoms with Gasteiger partial charge in [-0.2, -0.15) is 0 Å². The third-order valence-corrected chi connectivity index (χ3v) is 2.75. The zero-order valence-corrected chi connectivity index (χ0v) is 9.74. The molecule has 0 aliphatic carbocycles. The van der Waals surface area contributed by atoms with E-state index in [9.17, 15) is 4.79 Å². The maximum atomic E-state index is 10.9. The van der Waals surface area contributed by atoms with E-state index in [4.69, 9.17) is 11.6 Å². The molecule has 1 heterocycles. The lowest BCUT2D eigenvalue weighted by Gasteiger charge is -2.08. The van der Waals surface area contributed by atoms with Crippen LogP contribution >= 0.6 is 22.9 Å². The molecule has 0 aliphatic heterocycles. The average molecular weight is 247 g/mol. The number of hydrogen-bond acceptors (Lipinski definition) is 4. The molecule has 6 heteroatoms. The molecule has 0 aliphatic rings. The molecule has 0 spiro atoms. The van der Waals surface area contributed by atoms with Gasteiger partial charge in [-0.25, -0.2) is 10.2 Å². The van der Waals surface area contributed by atoms with E-state index in [1.54, 1.807) is 13.0 Å². The van der Waals surface area contributed by atoms with E-state index in [1.165, 1.54) is 11.3 Å². The Kier molecular flexibility index (Phi) is 4.45. The molecule has 1 aromatic heterocycles. The molecule has 1 amide bonds. The van der Waals surface area contributed by atoms with Gasteiger partial charge >= 0.3 is 6.09 Å². The van der Waals surface area contributed by atoms with Gasteiger partial charge in [-0.05, 0) is 19.1 Å². The molecule has 2 N–H and O–H groups in total. The lowest BCUT2D eigenvalue weighted by atomic mass is 10.4. The highest BCUT2D eigenvalue weighted by atomic mass is 35.5. The van der Waals surface area contributed by atoms with Gasteiger partial charge in [0.1, 0.15) is 0 Å². The third kappa shape index (κ3) is 3.81. The van der Waals surface area contributed by atoms with Gasteiger partial charge in [0, 0.05) is 0 Å². The highest BCUT2D eigenvalue weighted by Gasteiger charge is 2.04. The second-order valence-corrected chi connectivity index (χ2v) is 4.27. The van der Waals surface area contributed by atoms with Crippen LogP contribution in [-0.4, -0.2) is 12.7 Å². The van der Waals surface area contributed by atoms with Gasteiger partial charge in [-0.1, -0.05) is 18.2 Å². The summed E-state index contributed by atoms with van der Waals surface area (Å²) < 4.78 is 5.33. The molecule has 0 unspecified atom stereocenters. The van der Waals surface area contributed by atoms with Crippen LogP contribution in [0.5, 0.6) is 0 Å². The SMILES string of the molecule is C=C(NNC(=O)OCC)c1ccc(Cl)s1. The topological polar surface area (TPSA) is 50.4 Å². The van der Waals surface area contributed by atoms with Gasteiger partial charge in [-0.15, -0.1) is 11.3 Å². The fourth-order valence-electron chi connectivity index (χ4n) is 0.832. The molecule has 15 heavy (non-hydrogen) atoms. The summed E-state index contributed by atoms with van der Waals surface area (Å²) in [6.07, 6.45) is -0.540. The maximum Gasteiger partial charge on any atom is 0.425 e. The van der Waals surface area contributed by atoms with Crippen LogP contribution in [0.2, 0.25) is 4.34 Å². The number of carbonyl (C=O) groups is 1. The lowest BCUT2D eigenvalue weighted by molar-refractivity contribution is 0.149. The molecule has 0 saturated heterocycles. The van der Waals surface area contributed by atoms with Crippen LogP contribution in [0.25, 0.3) is 5.70 Å². The summed E-state index contributed by atoms with van der Waals surface area (Å²) in [6.45, 7) is 5.79. The molecule has 0 aromatic carbocycles. The first-order valence-corrected chi connectivity index (χ1v) is 5.46. The predicted molar refractivity (Wildman–Crippen MR) is 61.7 cm³/mol. The van der Waals surface area contributed by atoms with Gasteiger partial charge < -0.3 is 4.74 Å². The van der Waals surface area contributed by atoms with Crippen molar-refractivity contribution in [3.8, 4) is 0 Å². The van der Waals surface area contributed by atoms with Crippen molar-refractivity contribution in [1.29, 1.82) is 0 Å². The van der Waals surface area contributed by atoms with Crippen LogP contribution in [0.1, 0.15) is 11.8 Å². The zero-order chi connectivity index (χ0) is 11.3. The molecular formula is C9H11ClN2O2S.